The van der Waals surface area contributed by atoms with E-state index in [1.54, 1.807) is 31.2 Å². The number of ether oxygens (including phenoxy) is 1. The Hall–Kier alpha value is -2.01. The molecule has 4 nitrogen and oxygen atoms in total. The highest BCUT2D eigenvalue weighted by atomic mass is 79.9. The van der Waals surface area contributed by atoms with Crippen LogP contribution in [0.25, 0.3) is 0 Å². The van der Waals surface area contributed by atoms with Gasteiger partial charge in [0.25, 0.3) is 5.91 Å². The normalized spacial score (nSPS) is 10.2. The predicted molar refractivity (Wildman–Crippen MR) is 84.6 cm³/mol. The number of methoxy groups -OCH3 is 1. The summed E-state index contributed by atoms with van der Waals surface area (Å²) in [4.78, 5) is 13.9. The summed E-state index contributed by atoms with van der Waals surface area (Å²) in [6.45, 7) is 0.433. The van der Waals surface area contributed by atoms with Gasteiger partial charge in [-0.15, -0.1) is 0 Å². The number of phenols is 1. The highest BCUT2D eigenvalue weighted by molar-refractivity contribution is 9.10. The van der Waals surface area contributed by atoms with Crippen LogP contribution in [0.3, 0.4) is 0 Å². The van der Waals surface area contributed by atoms with E-state index in [-0.39, 0.29) is 17.2 Å². The quantitative estimate of drug-likeness (QED) is 0.919. The first-order chi connectivity index (χ1) is 10.0. The van der Waals surface area contributed by atoms with E-state index in [0.29, 0.717) is 6.54 Å². The van der Waals surface area contributed by atoms with Crippen LogP contribution in [0.15, 0.2) is 46.9 Å². The number of nitrogens with zero attached hydrogens (tertiary/aromatic N) is 1. The summed E-state index contributed by atoms with van der Waals surface area (Å²) >= 11 is 3.30. The van der Waals surface area contributed by atoms with Crippen molar-refractivity contribution in [1.29, 1.82) is 0 Å². The molecule has 0 aliphatic carbocycles. The van der Waals surface area contributed by atoms with E-state index in [0.717, 1.165) is 15.8 Å². The Morgan fingerprint density at radius 1 is 1.29 bits per heavy atom. The maximum atomic E-state index is 12.4. The molecule has 1 N–H and O–H groups in total. The van der Waals surface area contributed by atoms with Crippen molar-refractivity contribution >= 4 is 21.8 Å². The molecular formula is C16H16BrNO3. The molecule has 0 spiro atoms. The number of rotatable bonds is 4. The molecule has 2 rings (SSSR count). The average Bonchev–Trinajstić information content (AvgIpc) is 2.49. The van der Waals surface area contributed by atoms with E-state index in [1.807, 2.05) is 24.3 Å². The first kappa shape index (κ1) is 15.4. The molecule has 0 heterocycles. The van der Waals surface area contributed by atoms with Crippen molar-refractivity contribution in [2.75, 3.05) is 14.2 Å². The van der Waals surface area contributed by atoms with E-state index in [4.69, 9.17) is 4.74 Å². The second kappa shape index (κ2) is 6.63. The fourth-order valence-corrected chi connectivity index (χ4v) is 2.36. The lowest BCUT2D eigenvalue weighted by Gasteiger charge is -2.18. The molecular weight excluding hydrogens is 334 g/mol. The van der Waals surface area contributed by atoms with Crippen LogP contribution in [-0.2, 0) is 6.54 Å². The smallest absolute Gasteiger partial charge is 0.257 e. The number of carbonyl (C=O) groups excluding carboxylic acids is 1. The summed E-state index contributed by atoms with van der Waals surface area (Å²) in [5, 5.41) is 9.81. The van der Waals surface area contributed by atoms with Crippen molar-refractivity contribution in [1.82, 2.24) is 4.90 Å². The van der Waals surface area contributed by atoms with Gasteiger partial charge in [0.1, 0.15) is 11.5 Å². The number of carbonyl (C=O) groups is 1. The Labute approximate surface area is 132 Å². The fraction of sp³-hybridized carbons (Fsp3) is 0.188. The molecule has 0 saturated heterocycles. The van der Waals surface area contributed by atoms with Crippen LogP contribution < -0.4 is 4.74 Å². The van der Waals surface area contributed by atoms with Crippen LogP contribution in [-0.4, -0.2) is 30.1 Å². The molecule has 0 saturated carbocycles. The van der Waals surface area contributed by atoms with Gasteiger partial charge in [-0.05, 0) is 35.9 Å². The number of aromatic hydroxyl groups is 1. The number of hydrogen-bond donors (Lipinski definition) is 1. The van der Waals surface area contributed by atoms with Crippen LogP contribution in [0.1, 0.15) is 15.9 Å². The van der Waals surface area contributed by atoms with E-state index in [9.17, 15) is 9.90 Å². The molecule has 0 unspecified atom stereocenters. The largest absolute Gasteiger partial charge is 0.507 e. The molecule has 0 atom stereocenters. The van der Waals surface area contributed by atoms with E-state index < -0.39 is 0 Å². The van der Waals surface area contributed by atoms with Crippen molar-refractivity contribution in [3.63, 3.8) is 0 Å². The highest BCUT2D eigenvalue weighted by Crippen LogP contribution is 2.23. The zero-order valence-corrected chi connectivity index (χ0v) is 13.4. The van der Waals surface area contributed by atoms with Gasteiger partial charge in [-0.3, -0.25) is 4.79 Å². The lowest BCUT2D eigenvalue weighted by atomic mass is 10.1. The zero-order chi connectivity index (χ0) is 15.4. The number of phenolic OH excluding ortho intramolecular Hbond substituents is 1. The minimum atomic E-state index is -0.239. The standard InChI is InChI=1S/C16H16BrNO3/c1-18(10-11-4-3-5-13(8-11)21-2)16(20)14-9-12(17)6-7-15(14)19/h3-9,19H,10H2,1-2H3. The molecule has 110 valence electrons. The van der Waals surface area contributed by atoms with Crippen LogP contribution in [0.2, 0.25) is 0 Å². The SMILES string of the molecule is COc1cccc(CN(C)C(=O)c2cc(Br)ccc2O)c1. The van der Waals surface area contributed by atoms with Crippen molar-refractivity contribution in [2.45, 2.75) is 6.54 Å². The average molecular weight is 350 g/mol. The van der Waals surface area contributed by atoms with Gasteiger partial charge in [0.15, 0.2) is 0 Å². The number of halogens is 1. The van der Waals surface area contributed by atoms with Gasteiger partial charge in [0.2, 0.25) is 0 Å². The van der Waals surface area contributed by atoms with Crippen LogP contribution in [0, 0.1) is 0 Å². The maximum Gasteiger partial charge on any atom is 0.257 e. The first-order valence-electron chi connectivity index (χ1n) is 6.38. The first-order valence-corrected chi connectivity index (χ1v) is 7.17. The van der Waals surface area contributed by atoms with Gasteiger partial charge in [-0.2, -0.15) is 0 Å². The molecule has 2 aromatic rings. The van der Waals surface area contributed by atoms with Crippen molar-refractivity contribution in [2.24, 2.45) is 0 Å². The van der Waals surface area contributed by atoms with Crippen molar-refractivity contribution in [3.05, 3.63) is 58.1 Å². The summed E-state index contributed by atoms with van der Waals surface area (Å²) in [5.41, 5.74) is 1.23. The molecule has 5 heteroatoms. The minimum absolute atomic E-state index is 0.0271. The van der Waals surface area contributed by atoms with E-state index in [2.05, 4.69) is 15.9 Å². The molecule has 0 fully saturated rings. The Kier molecular flexibility index (Phi) is 4.85. The molecule has 21 heavy (non-hydrogen) atoms. The summed E-state index contributed by atoms with van der Waals surface area (Å²) < 4.78 is 5.92. The molecule has 0 aromatic heterocycles. The number of hydrogen-bond acceptors (Lipinski definition) is 3. The van der Waals surface area contributed by atoms with Crippen LogP contribution in [0.4, 0.5) is 0 Å². The van der Waals surface area contributed by atoms with Gasteiger partial charge < -0.3 is 14.7 Å². The number of amides is 1. The summed E-state index contributed by atoms with van der Waals surface area (Å²) in [6.07, 6.45) is 0. The lowest BCUT2D eigenvalue weighted by molar-refractivity contribution is 0.0782. The Morgan fingerprint density at radius 2 is 2.05 bits per heavy atom. The van der Waals surface area contributed by atoms with Crippen LogP contribution >= 0.6 is 15.9 Å². The monoisotopic (exact) mass is 349 g/mol. The maximum absolute atomic E-state index is 12.4. The van der Waals surface area contributed by atoms with E-state index >= 15 is 0 Å². The number of benzene rings is 2. The topological polar surface area (TPSA) is 49.8 Å². The van der Waals surface area contributed by atoms with Gasteiger partial charge in [0.05, 0.1) is 12.7 Å². The van der Waals surface area contributed by atoms with Gasteiger partial charge >= 0.3 is 0 Å². The van der Waals surface area contributed by atoms with Crippen LogP contribution in [0.5, 0.6) is 11.5 Å². The van der Waals surface area contributed by atoms with Gasteiger partial charge in [0, 0.05) is 18.1 Å². The zero-order valence-electron chi connectivity index (χ0n) is 11.8. The second-order valence-corrected chi connectivity index (χ2v) is 5.59. The van der Waals surface area contributed by atoms with Crippen molar-refractivity contribution < 1.29 is 14.6 Å². The third-order valence-corrected chi connectivity index (χ3v) is 3.58. The predicted octanol–water partition coefficient (Wildman–Crippen LogP) is 3.44. The van der Waals surface area contributed by atoms with Crippen molar-refractivity contribution in [3.8, 4) is 11.5 Å². The van der Waals surface area contributed by atoms with Gasteiger partial charge in [-0.25, -0.2) is 0 Å². The molecule has 0 aliphatic rings. The Morgan fingerprint density at radius 3 is 2.76 bits per heavy atom. The van der Waals surface area contributed by atoms with E-state index in [1.165, 1.54) is 6.07 Å². The molecule has 2 aromatic carbocycles. The lowest BCUT2D eigenvalue weighted by Crippen LogP contribution is -2.26. The summed E-state index contributed by atoms with van der Waals surface area (Å²) in [5.74, 6) is 0.482. The Bertz CT molecular complexity index is 658. The molecule has 0 radical (unpaired) electrons. The second-order valence-electron chi connectivity index (χ2n) is 4.67. The van der Waals surface area contributed by atoms with Gasteiger partial charge in [-0.1, -0.05) is 28.1 Å². The molecule has 1 amide bonds. The summed E-state index contributed by atoms with van der Waals surface area (Å²) in [7, 11) is 3.30. The highest BCUT2D eigenvalue weighted by Gasteiger charge is 2.16. The molecule has 0 bridgehead atoms. The third-order valence-electron chi connectivity index (χ3n) is 3.09. The fourth-order valence-electron chi connectivity index (χ4n) is 2.00. The molecule has 0 aliphatic heterocycles. The summed E-state index contributed by atoms with van der Waals surface area (Å²) in [6, 6.07) is 12.3. The third kappa shape index (κ3) is 3.76. The minimum Gasteiger partial charge on any atom is -0.507 e. The Balaban J connectivity index is 2.17.